The molecule has 8 heteroatoms. The number of rotatable bonds is 6. The lowest BCUT2D eigenvalue weighted by Gasteiger charge is -2.09. The molecule has 0 saturated carbocycles. The van der Waals surface area contributed by atoms with E-state index in [0.29, 0.717) is 10.9 Å². The highest BCUT2D eigenvalue weighted by Crippen LogP contribution is 2.24. The van der Waals surface area contributed by atoms with E-state index >= 15 is 0 Å². The topological polar surface area (TPSA) is 72.5 Å². The average Bonchev–Trinajstić information content (AvgIpc) is 3.00. The Balaban J connectivity index is 1.67. The Morgan fingerprint density at radius 3 is 2.56 bits per heavy atom. The number of nitrogens with two attached hydrogens (primary N) is 1. The second kappa shape index (κ2) is 7.71. The number of halogens is 2. The van der Waals surface area contributed by atoms with Gasteiger partial charge in [0.1, 0.15) is 12.4 Å². The third-order valence-electron chi connectivity index (χ3n) is 3.14. The van der Waals surface area contributed by atoms with Crippen LogP contribution in [0.4, 0.5) is 19.7 Å². The number of ether oxygens (including phenoxy) is 1. The van der Waals surface area contributed by atoms with Crippen LogP contribution in [-0.4, -0.2) is 11.2 Å². The van der Waals surface area contributed by atoms with Crippen LogP contribution in [0.1, 0.15) is 11.1 Å². The molecule has 3 aromatic rings. The van der Waals surface area contributed by atoms with Crippen LogP contribution in [0.2, 0.25) is 0 Å². The van der Waals surface area contributed by atoms with Gasteiger partial charge in [-0.3, -0.25) is 5.43 Å². The van der Waals surface area contributed by atoms with Crippen molar-refractivity contribution >= 4 is 28.5 Å². The van der Waals surface area contributed by atoms with Gasteiger partial charge in [0.25, 0.3) is 0 Å². The number of nitrogen functional groups attached to an aromatic ring is 1. The van der Waals surface area contributed by atoms with Gasteiger partial charge in [0.15, 0.2) is 17.4 Å². The maximum Gasteiger partial charge on any atom is 0.205 e. The molecule has 0 bridgehead atoms. The molecule has 5 nitrogen and oxygen atoms in total. The van der Waals surface area contributed by atoms with Crippen LogP contribution in [0.5, 0.6) is 5.75 Å². The summed E-state index contributed by atoms with van der Waals surface area (Å²) in [7, 11) is 0. The van der Waals surface area contributed by atoms with Crippen molar-refractivity contribution in [2.75, 3.05) is 11.2 Å². The Labute approximate surface area is 146 Å². The van der Waals surface area contributed by atoms with E-state index in [1.165, 1.54) is 17.6 Å². The number of nitrogens with zero attached hydrogens (tertiary/aromatic N) is 2. The lowest BCUT2D eigenvalue weighted by molar-refractivity contribution is 0.274. The third kappa shape index (κ3) is 4.51. The average molecular weight is 360 g/mol. The van der Waals surface area contributed by atoms with Crippen LogP contribution in [0.3, 0.4) is 0 Å². The Morgan fingerprint density at radius 2 is 1.92 bits per heavy atom. The number of hydrogen-bond donors (Lipinski definition) is 2. The maximum atomic E-state index is 14.1. The Bertz CT molecular complexity index is 860. The lowest BCUT2D eigenvalue weighted by atomic mass is 10.2. The van der Waals surface area contributed by atoms with Crippen molar-refractivity contribution in [3.63, 3.8) is 0 Å². The molecule has 2 aromatic carbocycles. The molecule has 3 N–H and O–H groups in total. The molecule has 0 saturated heterocycles. The smallest absolute Gasteiger partial charge is 0.205 e. The first kappa shape index (κ1) is 16.8. The van der Waals surface area contributed by atoms with E-state index in [0.717, 1.165) is 17.7 Å². The van der Waals surface area contributed by atoms with Gasteiger partial charge in [-0.15, -0.1) is 11.3 Å². The molecule has 0 radical (unpaired) electrons. The van der Waals surface area contributed by atoms with Gasteiger partial charge < -0.3 is 10.5 Å². The first-order chi connectivity index (χ1) is 12.1. The number of hydrazone groups is 1. The lowest BCUT2D eigenvalue weighted by Crippen LogP contribution is -2.01. The summed E-state index contributed by atoms with van der Waals surface area (Å²) in [6.45, 7) is 0.0785. The molecule has 25 heavy (non-hydrogen) atoms. The van der Waals surface area contributed by atoms with E-state index in [-0.39, 0.29) is 12.2 Å². The zero-order valence-electron chi connectivity index (χ0n) is 12.9. The van der Waals surface area contributed by atoms with Crippen LogP contribution in [0.25, 0.3) is 0 Å². The monoisotopic (exact) mass is 360 g/mol. The van der Waals surface area contributed by atoms with Crippen molar-refractivity contribution in [2.24, 2.45) is 5.10 Å². The Kier molecular flexibility index (Phi) is 5.20. The van der Waals surface area contributed by atoms with Crippen molar-refractivity contribution in [1.29, 1.82) is 0 Å². The SMILES string of the molecule is Nc1csc(NN=Cc2cc(F)c(OCc3ccccc3)c(F)c2)n1. The fourth-order valence-electron chi connectivity index (χ4n) is 2.02. The van der Waals surface area contributed by atoms with E-state index in [1.807, 2.05) is 30.3 Å². The quantitative estimate of drug-likeness (QED) is 0.514. The Morgan fingerprint density at radius 1 is 1.20 bits per heavy atom. The molecule has 0 spiro atoms. The number of benzene rings is 2. The van der Waals surface area contributed by atoms with Gasteiger partial charge in [-0.2, -0.15) is 5.10 Å². The van der Waals surface area contributed by atoms with Crippen molar-refractivity contribution in [3.8, 4) is 5.75 Å². The number of hydrogen-bond acceptors (Lipinski definition) is 6. The van der Waals surface area contributed by atoms with Gasteiger partial charge in [-0.25, -0.2) is 13.8 Å². The van der Waals surface area contributed by atoms with Gasteiger partial charge in [0.2, 0.25) is 5.13 Å². The summed E-state index contributed by atoms with van der Waals surface area (Å²) in [5, 5.41) is 6.01. The minimum absolute atomic E-state index is 0.0785. The van der Waals surface area contributed by atoms with Gasteiger partial charge in [-0.1, -0.05) is 30.3 Å². The summed E-state index contributed by atoms with van der Waals surface area (Å²) >= 11 is 1.27. The first-order valence-electron chi connectivity index (χ1n) is 7.27. The van der Waals surface area contributed by atoms with Crippen LogP contribution < -0.4 is 15.9 Å². The second-order valence-electron chi connectivity index (χ2n) is 5.04. The van der Waals surface area contributed by atoms with Crippen molar-refractivity contribution < 1.29 is 13.5 Å². The van der Waals surface area contributed by atoms with Gasteiger partial charge >= 0.3 is 0 Å². The molecule has 0 aliphatic carbocycles. The molecule has 0 aliphatic heterocycles. The van der Waals surface area contributed by atoms with Crippen LogP contribution in [0, 0.1) is 11.6 Å². The predicted octanol–water partition coefficient (Wildman–Crippen LogP) is 4.03. The minimum Gasteiger partial charge on any atom is -0.483 e. The van der Waals surface area contributed by atoms with Crippen LogP contribution >= 0.6 is 11.3 Å². The van der Waals surface area contributed by atoms with E-state index in [4.69, 9.17) is 10.5 Å². The van der Waals surface area contributed by atoms with Crippen LogP contribution in [0.15, 0.2) is 52.9 Å². The molecule has 1 heterocycles. The number of anilines is 2. The summed E-state index contributed by atoms with van der Waals surface area (Å²) < 4.78 is 33.4. The molecule has 128 valence electrons. The summed E-state index contributed by atoms with van der Waals surface area (Å²) in [6, 6.07) is 11.4. The zero-order chi connectivity index (χ0) is 17.6. The van der Waals surface area contributed by atoms with Gasteiger partial charge in [0, 0.05) is 10.9 Å². The highest BCUT2D eigenvalue weighted by molar-refractivity contribution is 7.14. The first-order valence-corrected chi connectivity index (χ1v) is 8.15. The summed E-state index contributed by atoms with van der Waals surface area (Å²) in [6.07, 6.45) is 1.28. The van der Waals surface area contributed by atoms with Crippen LogP contribution in [-0.2, 0) is 6.61 Å². The second-order valence-corrected chi connectivity index (χ2v) is 5.89. The summed E-state index contributed by atoms with van der Waals surface area (Å²) in [4.78, 5) is 3.95. The molecule has 0 amide bonds. The van der Waals surface area contributed by atoms with E-state index in [9.17, 15) is 8.78 Å². The number of nitrogens with one attached hydrogen (secondary N) is 1. The van der Waals surface area contributed by atoms with E-state index < -0.39 is 17.4 Å². The number of aromatic nitrogens is 1. The molecular formula is C17H14F2N4OS. The Hall–Kier alpha value is -3.00. The third-order valence-corrected chi connectivity index (χ3v) is 3.91. The minimum atomic E-state index is -0.795. The number of thiazole rings is 1. The normalized spacial score (nSPS) is 11.0. The van der Waals surface area contributed by atoms with E-state index in [1.54, 1.807) is 5.38 Å². The molecule has 0 aliphatic rings. The summed E-state index contributed by atoms with van der Waals surface area (Å²) in [5.41, 5.74) is 9.19. The maximum absolute atomic E-state index is 14.1. The predicted molar refractivity (Wildman–Crippen MR) is 94.9 cm³/mol. The molecule has 0 unspecified atom stereocenters. The highest BCUT2D eigenvalue weighted by atomic mass is 32.1. The molecular weight excluding hydrogens is 346 g/mol. The fourth-order valence-corrected chi connectivity index (χ4v) is 2.57. The fraction of sp³-hybridized carbons (Fsp3) is 0.0588. The standard InChI is InChI=1S/C17H14F2N4OS/c18-13-6-12(8-21-23-17-22-15(20)10-25-17)7-14(19)16(13)24-9-11-4-2-1-3-5-11/h1-8,10H,9,20H2,(H,22,23). The highest BCUT2D eigenvalue weighted by Gasteiger charge is 2.12. The molecule has 3 rings (SSSR count). The molecule has 0 atom stereocenters. The van der Waals surface area contributed by atoms with Crippen molar-refractivity contribution in [3.05, 3.63) is 70.6 Å². The van der Waals surface area contributed by atoms with E-state index in [2.05, 4.69) is 15.5 Å². The van der Waals surface area contributed by atoms with Gasteiger partial charge in [-0.05, 0) is 17.7 Å². The largest absolute Gasteiger partial charge is 0.483 e. The van der Waals surface area contributed by atoms with Crippen molar-refractivity contribution in [1.82, 2.24) is 4.98 Å². The summed E-state index contributed by atoms with van der Waals surface area (Å²) in [5.74, 6) is -1.63. The molecule has 1 aromatic heterocycles. The zero-order valence-corrected chi connectivity index (χ0v) is 13.8. The van der Waals surface area contributed by atoms with Gasteiger partial charge in [0.05, 0.1) is 6.21 Å². The van der Waals surface area contributed by atoms with Crippen molar-refractivity contribution in [2.45, 2.75) is 6.61 Å². The molecule has 0 fully saturated rings.